The van der Waals surface area contributed by atoms with Crippen LogP contribution in [0.4, 0.5) is 0 Å². The molecule has 0 aliphatic rings. The Morgan fingerprint density at radius 3 is 2.44 bits per heavy atom. The zero-order valence-electron chi connectivity index (χ0n) is 4.68. The Morgan fingerprint density at radius 1 is 1.89 bits per heavy atom. The van der Waals surface area contributed by atoms with E-state index in [2.05, 4.69) is 10.0 Å². The number of aliphatic carboxylic acids is 1. The van der Waals surface area contributed by atoms with Gasteiger partial charge in [-0.05, 0) is 12.5 Å². The fraction of sp³-hybridized carbons (Fsp3) is 0.667. The zero-order valence-corrected chi connectivity index (χ0v) is 5.50. The maximum Gasteiger partial charge on any atom is 0.312 e. The highest BCUT2D eigenvalue weighted by Crippen LogP contribution is 1.86. The van der Waals surface area contributed by atoms with Crippen LogP contribution in [0.15, 0.2) is 5.11 Å². The van der Waals surface area contributed by atoms with E-state index >= 15 is 0 Å². The van der Waals surface area contributed by atoms with Crippen LogP contribution in [0.3, 0.4) is 0 Å². The summed E-state index contributed by atoms with van der Waals surface area (Å²) in [6.07, 6.45) is 0. The summed E-state index contributed by atoms with van der Waals surface area (Å²) in [5.41, 5.74) is 7.68. The second-order valence-electron chi connectivity index (χ2n) is 1.22. The molecule has 0 aromatic rings. The Bertz CT molecular complexity index is 140. The summed E-state index contributed by atoms with van der Waals surface area (Å²) in [5.74, 6) is -1.11. The first-order valence-corrected chi connectivity index (χ1v) is 1.95. The van der Waals surface area contributed by atoms with E-state index in [4.69, 9.17) is 10.6 Å². The molecule has 0 fully saturated rings. The first-order chi connectivity index (χ1) is 3.68. The van der Waals surface area contributed by atoms with Crippen molar-refractivity contribution in [3.8, 4) is 0 Å². The Labute approximate surface area is 57.7 Å². The molecular weight excluding hydrogens is 146 g/mol. The van der Waals surface area contributed by atoms with E-state index in [0.717, 1.165) is 0 Å². The van der Waals surface area contributed by atoms with Crippen molar-refractivity contribution in [2.45, 2.75) is 13.0 Å². The van der Waals surface area contributed by atoms with Crippen molar-refractivity contribution in [2.75, 3.05) is 0 Å². The minimum Gasteiger partial charge on any atom is -0.481 e. The third-order valence-corrected chi connectivity index (χ3v) is 0.582. The predicted octanol–water partition coefficient (Wildman–Crippen LogP) is 1.19. The molecule has 6 heteroatoms. The molecule has 0 saturated carbocycles. The number of carboxylic acid groups (broad SMARTS) is 1. The van der Waals surface area contributed by atoms with Gasteiger partial charge in [0.15, 0.2) is 0 Å². The van der Waals surface area contributed by atoms with Gasteiger partial charge in [-0.15, -0.1) is 12.4 Å². The molecule has 0 aliphatic heterocycles. The lowest BCUT2D eigenvalue weighted by Gasteiger charge is -1.90. The SMILES string of the molecule is CC(N=[N+]=[N-])C(=O)O.Cl. The molecule has 0 bridgehead atoms. The molecular formula is C3H6ClN3O2. The number of carbonyl (C=O) groups is 1. The van der Waals surface area contributed by atoms with E-state index < -0.39 is 12.0 Å². The van der Waals surface area contributed by atoms with Crippen LogP contribution in [0.25, 0.3) is 10.4 Å². The lowest BCUT2D eigenvalue weighted by atomic mass is 10.4. The van der Waals surface area contributed by atoms with Crippen molar-refractivity contribution in [3.63, 3.8) is 0 Å². The number of azide groups is 1. The first kappa shape index (κ1) is 10.9. The van der Waals surface area contributed by atoms with Gasteiger partial charge in [-0.25, -0.2) is 0 Å². The van der Waals surface area contributed by atoms with Gasteiger partial charge in [-0.1, -0.05) is 5.11 Å². The molecule has 0 rings (SSSR count). The summed E-state index contributed by atoms with van der Waals surface area (Å²) in [4.78, 5) is 12.1. The number of hydrogen-bond donors (Lipinski definition) is 1. The van der Waals surface area contributed by atoms with Crippen molar-refractivity contribution >= 4 is 18.4 Å². The molecule has 0 saturated heterocycles. The van der Waals surface area contributed by atoms with Crippen LogP contribution in [-0.4, -0.2) is 17.1 Å². The number of rotatable bonds is 2. The fourth-order valence-electron chi connectivity index (χ4n) is 0.127. The molecule has 9 heavy (non-hydrogen) atoms. The molecule has 5 nitrogen and oxygen atoms in total. The third-order valence-electron chi connectivity index (χ3n) is 0.582. The van der Waals surface area contributed by atoms with Crippen LogP contribution in [-0.2, 0) is 4.79 Å². The van der Waals surface area contributed by atoms with E-state index in [1.54, 1.807) is 0 Å². The Balaban J connectivity index is 0. The van der Waals surface area contributed by atoms with Gasteiger partial charge in [-0.2, -0.15) is 0 Å². The molecule has 0 aromatic carbocycles. The average Bonchev–Trinajstić information content (AvgIpc) is 1.67. The van der Waals surface area contributed by atoms with Gasteiger partial charge in [0.1, 0.15) is 6.04 Å². The summed E-state index contributed by atoms with van der Waals surface area (Å²) in [5, 5.41) is 11.0. The van der Waals surface area contributed by atoms with Crippen molar-refractivity contribution < 1.29 is 9.90 Å². The van der Waals surface area contributed by atoms with E-state index in [-0.39, 0.29) is 12.4 Å². The normalized spacial score (nSPS) is 10.3. The number of nitrogens with zero attached hydrogens (tertiary/aromatic N) is 3. The van der Waals surface area contributed by atoms with Crippen molar-refractivity contribution in [3.05, 3.63) is 10.4 Å². The predicted molar refractivity (Wildman–Crippen MR) is 33.5 cm³/mol. The Hall–Kier alpha value is -0.930. The van der Waals surface area contributed by atoms with E-state index in [1.807, 2.05) is 0 Å². The highest BCUT2D eigenvalue weighted by Gasteiger charge is 2.05. The summed E-state index contributed by atoms with van der Waals surface area (Å²) in [7, 11) is 0. The minimum atomic E-state index is -1.11. The van der Waals surface area contributed by atoms with Gasteiger partial charge < -0.3 is 5.11 Å². The lowest BCUT2D eigenvalue weighted by Crippen LogP contribution is -2.11. The van der Waals surface area contributed by atoms with Gasteiger partial charge in [0.05, 0.1) is 0 Å². The maximum atomic E-state index is 9.82. The monoisotopic (exact) mass is 151 g/mol. The van der Waals surface area contributed by atoms with Crippen LogP contribution >= 0.6 is 12.4 Å². The summed E-state index contributed by atoms with van der Waals surface area (Å²) >= 11 is 0. The molecule has 0 radical (unpaired) electrons. The standard InChI is InChI=1S/C3H5N3O2.ClH/c1-2(3(7)8)5-6-4;/h2H,1H3,(H,7,8);1H. The van der Waals surface area contributed by atoms with Crippen LogP contribution in [0.2, 0.25) is 0 Å². The Kier molecular flexibility index (Phi) is 6.34. The van der Waals surface area contributed by atoms with Gasteiger partial charge in [0, 0.05) is 4.91 Å². The maximum absolute atomic E-state index is 9.82. The van der Waals surface area contributed by atoms with Gasteiger partial charge in [-0.3, -0.25) is 4.79 Å². The summed E-state index contributed by atoms with van der Waals surface area (Å²) in [6.45, 7) is 1.31. The molecule has 0 amide bonds. The van der Waals surface area contributed by atoms with E-state index in [0.29, 0.717) is 0 Å². The topological polar surface area (TPSA) is 86.1 Å². The first-order valence-electron chi connectivity index (χ1n) is 1.95. The molecule has 1 N–H and O–H groups in total. The van der Waals surface area contributed by atoms with Crippen molar-refractivity contribution in [1.82, 2.24) is 0 Å². The number of halogens is 1. The van der Waals surface area contributed by atoms with Gasteiger partial charge in [0.2, 0.25) is 0 Å². The molecule has 0 aliphatic carbocycles. The minimum absolute atomic E-state index is 0. The third kappa shape index (κ3) is 4.93. The van der Waals surface area contributed by atoms with Crippen LogP contribution < -0.4 is 0 Å². The molecule has 0 spiro atoms. The molecule has 52 valence electrons. The highest BCUT2D eigenvalue weighted by atomic mass is 35.5. The number of carboxylic acids is 1. The summed E-state index contributed by atoms with van der Waals surface area (Å²) in [6, 6.07) is -0.958. The van der Waals surface area contributed by atoms with Gasteiger partial charge >= 0.3 is 5.97 Å². The van der Waals surface area contributed by atoms with Gasteiger partial charge in [0.25, 0.3) is 0 Å². The average molecular weight is 152 g/mol. The molecule has 0 heterocycles. The second kappa shape index (κ2) is 5.21. The van der Waals surface area contributed by atoms with Crippen molar-refractivity contribution in [1.29, 1.82) is 0 Å². The molecule has 1 unspecified atom stereocenters. The van der Waals surface area contributed by atoms with E-state index in [1.165, 1.54) is 6.92 Å². The Morgan fingerprint density at radius 2 is 2.33 bits per heavy atom. The summed E-state index contributed by atoms with van der Waals surface area (Å²) < 4.78 is 0. The lowest BCUT2D eigenvalue weighted by molar-refractivity contribution is -0.138. The van der Waals surface area contributed by atoms with E-state index in [9.17, 15) is 4.79 Å². The highest BCUT2D eigenvalue weighted by molar-refractivity contribution is 5.85. The van der Waals surface area contributed by atoms with Crippen molar-refractivity contribution in [2.24, 2.45) is 5.11 Å². The van der Waals surface area contributed by atoms with Crippen LogP contribution in [0, 0.1) is 0 Å². The molecule has 1 atom stereocenters. The zero-order chi connectivity index (χ0) is 6.57. The smallest absolute Gasteiger partial charge is 0.312 e. The fourth-order valence-corrected chi connectivity index (χ4v) is 0.127. The largest absolute Gasteiger partial charge is 0.481 e. The van der Waals surface area contributed by atoms with Crippen LogP contribution in [0.5, 0.6) is 0 Å². The van der Waals surface area contributed by atoms with Crippen LogP contribution in [0.1, 0.15) is 6.92 Å². The molecule has 0 aromatic heterocycles. The number of hydrogen-bond acceptors (Lipinski definition) is 2. The second-order valence-corrected chi connectivity index (χ2v) is 1.22. The quantitative estimate of drug-likeness (QED) is 0.365.